The van der Waals surface area contributed by atoms with Crippen LogP contribution in [0.4, 0.5) is 5.69 Å². The first kappa shape index (κ1) is 22.2. The lowest BCUT2D eigenvalue weighted by Crippen LogP contribution is -2.24. The number of nitrogens with one attached hydrogen (secondary N) is 1. The van der Waals surface area contributed by atoms with Crippen LogP contribution in [0.3, 0.4) is 0 Å². The van der Waals surface area contributed by atoms with Gasteiger partial charge in [-0.2, -0.15) is 0 Å². The number of hydrogen-bond donors (Lipinski definition) is 2. The van der Waals surface area contributed by atoms with Crippen molar-refractivity contribution in [3.8, 4) is 5.75 Å². The van der Waals surface area contributed by atoms with E-state index in [0.717, 1.165) is 11.1 Å². The van der Waals surface area contributed by atoms with E-state index in [4.69, 9.17) is 26.8 Å². The third kappa shape index (κ3) is 6.50. The molecule has 7 nitrogen and oxygen atoms in total. The van der Waals surface area contributed by atoms with E-state index in [1.807, 2.05) is 26.8 Å². The summed E-state index contributed by atoms with van der Waals surface area (Å²) in [4.78, 5) is 34.8. The van der Waals surface area contributed by atoms with Crippen LogP contribution < -0.4 is 15.8 Å². The molecule has 154 valence electrons. The normalized spacial score (nSPS) is 10.5. The molecule has 0 saturated heterocycles. The zero-order chi connectivity index (χ0) is 21.6. The van der Waals surface area contributed by atoms with Crippen LogP contribution in [-0.4, -0.2) is 31.0 Å². The van der Waals surface area contributed by atoms with Gasteiger partial charge < -0.3 is 20.5 Å². The number of ether oxygens (including phenoxy) is 2. The lowest BCUT2D eigenvalue weighted by atomic mass is 10.0. The number of esters is 1. The third-order valence-electron chi connectivity index (χ3n) is 4.08. The molecule has 2 rings (SSSR count). The Hall–Kier alpha value is -3.06. The lowest BCUT2D eigenvalue weighted by Gasteiger charge is -2.15. The Balaban J connectivity index is 1.85. The average molecular weight is 419 g/mol. The van der Waals surface area contributed by atoms with E-state index in [2.05, 4.69) is 5.32 Å². The van der Waals surface area contributed by atoms with Crippen molar-refractivity contribution in [2.75, 3.05) is 18.5 Å². The molecule has 0 fully saturated rings. The van der Waals surface area contributed by atoms with Crippen molar-refractivity contribution in [3.05, 3.63) is 58.1 Å². The summed E-state index contributed by atoms with van der Waals surface area (Å²) in [5, 5.41) is 3.18. The van der Waals surface area contributed by atoms with E-state index < -0.39 is 24.4 Å². The largest absolute Gasteiger partial charge is 0.482 e. The summed E-state index contributed by atoms with van der Waals surface area (Å²) < 4.78 is 10.5. The molecule has 8 heteroatoms. The molecule has 0 aromatic heterocycles. The van der Waals surface area contributed by atoms with Gasteiger partial charge >= 0.3 is 5.97 Å². The summed E-state index contributed by atoms with van der Waals surface area (Å²) in [6.07, 6.45) is 0. The van der Waals surface area contributed by atoms with Gasteiger partial charge in [-0.15, -0.1) is 0 Å². The van der Waals surface area contributed by atoms with Gasteiger partial charge in [-0.1, -0.05) is 25.4 Å². The van der Waals surface area contributed by atoms with Crippen molar-refractivity contribution in [3.63, 3.8) is 0 Å². The predicted octanol–water partition coefficient (Wildman–Crippen LogP) is 3.43. The zero-order valence-electron chi connectivity index (χ0n) is 16.5. The van der Waals surface area contributed by atoms with E-state index in [9.17, 15) is 14.4 Å². The van der Waals surface area contributed by atoms with Gasteiger partial charge in [0, 0.05) is 16.3 Å². The van der Waals surface area contributed by atoms with Gasteiger partial charge in [-0.3, -0.25) is 9.59 Å². The standard InChI is InChI=1S/C21H23ClN2O5/c1-12(2)16-9-17(22)13(3)8-18(16)28-11-20(26)29-10-19(25)24-15-6-4-14(5-7-15)21(23)27/h4-9,12H,10-11H2,1-3H3,(H2,23,27)(H,24,25). The zero-order valence-corrected chi connectivity index (χ0v) is 17.2. The van der Waals surface area contributed by atoms with E-state index in [-0.39, 0.29) is 12.5 Å². The number of carbonyl (C=O) groups is 3. The third-order valence-corrected chi connectivity index (χ3v) is 4.48. The number of rotatable bonds is 8. The number of primary amides is 1. The molecule has 0 saturated carbocycles. The molecule has 0 unspecified atom stereocenters. The van der Waals surface area contributed by atoms with Gasteiger partial charge in [0.2, 0.25) is 5.91 Å². The highest BCUT2D eigenvalue weighted by atomic mass is 35.5. The molecule has 0 heterocycles. The second-order valence-electron chi connectivity index (χ2n) is 6.73. The average Bonchev–Trinajstić information content (AvgIpc) is 2.67. The monoisotopic (exact) mass is 418 g/mol. The smallest absolute Gasteiger partial charge is 0.344 e. The van der Waals surface area contributed by atoms with Crippen molar-refractivity contribution >= 4 is 35.1 Å². The second-order valence-corrected chi connectivity index (χ2v) is 7.14. The number of anilines is 1. The van der Waals surface area contributed by atoms with E-state index >= 15 is 0 Å². The number of aryl methyl sites for hydroxylation is 1. The first-order valence-corrected chi connectivity index (χ1v) is 9.33. The predicted molar refractivity (Wildman–Crippen MR) is 110 cm³/mol. The molecule has 3 N–H and O–H groups in total. The van der Waals surface area contributed by atoms with Crippen LogP contribution in [0.15, 0.2) is 36.4 Å². The highest BCUT2D eigenvalue weighted by molar-refractivity contribution is 6.31. The number of hydrogen-bond acceptors (Lipinski definition) is 5. The van der Waals surface area contributed by atoms with Gasteiger partial charge in [0.05, 0.1) is 0 Å². The summed E-state index contributed by atoms with van der Waals surface area (Å²) in [6.45, 7) is 5.04. The van der Waals surface area contributed by atoms with Gasteiger partial charge in [-0.05, 0) is 60.4 Å². The maximum absolute atomic E-state index is 11.9. The molecule has 0 aliphatic heterocycles. The van der Waals surface area contributed by atoms with Gasteiger partial charge in [0.15, 0.2) is 13.2 Å². The summed E-state index contributed by atoms with van der Waals surface area (Å²) >= 11 is 6.15. The summed E-state index contributed by atoms with van der Waals surface area (Å²) in [6, 6.07) is 9.61. The second kappa shape index (κ2) is 9.93. The topological polar surface area (TPSA) is 108 Å². The highest BCUT2D eigenvalue weighted by Crippen LogP contribution is 2.32. The Kier molecular flexibility index (Phi) is 7.61. The van der Waals surface area contributed by atoms with Crippen LogP contribution in [-0.2, 0) is 14.3 Å². The van der Waals surface area contributed by atoms with Crippen LogP contribution in [0.5, 0.6) is 5.75 Å². The molecule has 2 amide bonds. The first-order valence-electron chi connectivity index (χ1n) is 8.95. The summed E-state index contributed by atoms with van der Waals surface area (Å²) in [5.74, 6) is -1.04. The lowest BCUT2D eigenvalue weighted by molar-refractivity contribution is -0.149. The molecule has 0 aliphatic carbocycles. The fraction of sp³-hybridized carbons (Fsp3) is 0.286. The highest BCUT2D eigenvalue weighted by Gasteiger charge is 2.14. The SMILES string of the molecule is Cc1cc(OCC(=O)OCC(=O)Nc2ccc(C(N)=O)cc2)c(C(C)C)cc1Cl. The molecular weight excluding hydrogens is 396 g/mol. The first-order chi connectivity index (χ1) is 13.7. The van der Waals surface area contributed by atoms with E-state index in [1.54, 1.807) is 6.07 Å². The number of carbonyl (C=O) groups excluding carboxylic acids is 3. The summed E-state index contributed by atoms with van der Waals surface area (Å²) in [7, 11) is 0. The molecule has 2 aromatic rings. The van der Waals surface area contributed by atoms with Crippen molar-refractivity contribution in [1.29, 1.82) is 0 Å². The van der Waals surface area contributed by atoms with Gasteiger partial charge in [-0.25, -0.2) is 4.79 Å². The molecule has 0 atom stereocenters. The van der Waals surface area contributed by atoms with Crippen LogP contribution in [0.2, 0.25) is 5.02 Å². The Bertz CT molecular complexity index is 910. The van der Waals surface area contributed by atoms with Crippen molar-refractivity contribution in [1.82, 2.24) is 0 Å². The van der Waals surface area contributed by atoms with E-state index in [1.165, 1.54) is 24.3 Å². The number of benzene rings is 2. The molecular formula is C21H23ClN2O5. The Morgan fingerprint density at radius 1 is 1.10 bits per heavy atom. The number of nitrogens with two attached hydrogens (primary N) is 1. The Morgan fingerprint density at radius 2 is 1.76 bits per heavy atom. The Morgan fingerprint density at radius 3 is 2.34 bits per heavy atom. The van der Waals surface area contributed by atoms with Gasteiger partial charge in [0.25, 0.3) is 5.91 Å². The van der Waals surface area contributed by atoms with Crippen molar-refractivity contribution < 1.29 is 23.9 Å². The van der Waals surface area contributed by atoms with Gasteiger partial charge in [0.1, 0.15) is 5.75 Å². The molecule has 29 heavy (non-hydrogen) atoms. The molecule has 0 bridgehead atoms. The fourth-order valence-electron chi connectivity index (χ4n) is 2.49. The molecule has 0 radical (unpaired) electrons. The van der Waals surface area contributed by atoms with Crippen LogP contribution in [0, 0.1) is 6.92 Å². The van der Waals surface area contributed by atoms with Crippen LogP contribution in [0.1, 0.15) is 41.3 Å². The summed E-state index contributed by atoms with van der Waals surface area (Å²) in [5.41, 5.74) is 7.64. The van der Waals surface area contributed by atoms with Crippen LogP contribution in [0.25, 0.3) is 0 Å². The molecule has 2 aromatic carbocycles. The quantitative estimate of drug-likeness (QED) is 0.638. The molecule has 0 spiro atoms. The fourth-order valence-corrected chi connectivity index (χ4v) is 2.66. The Labute approximate surface area is 174 Å². The minimum Gasteiger partial charge on any atom is -0.482 e. The molecule has 0 aliphatic rings. The maximum Gasteiger partial charge on any atom is 0.344 e. The minimum atomic E-state index is -0.675. The number of halogens is 1. The van der Waals surface area contributed by atoms with Crippen molar-refractivity contribution in [2.45, 2.75) is 26.7 Å². The number of amides is 2. The van der Waals surface area contributed by atoms with Crippen molar-refractivity contribution in [2.24, 2.45) is 5.73 Å². The maximum atomic E-state index is 11.9. The van der Waals surface area contributed by atoms with Crippen LogP contribution >= 0.6 is 11.6 Å². The van der Waals surface area contributed by atoms with E-state index in [0.29, 0.717) is 22.0 Å². The minimum absolute atomic E-state index is 0.158.